The minimum Gasteiger partial charge on any atom is -0.379 e. The van der Waals surface area contributed by atoms with Gasteiger partial charge in [0.05, 0.1) is 13.2 Å². The maximum atomic E-state index is 5.47. The molecule has 1 aromatic carbocycles. The number of ether oxygens (including phenoxy) is 1. The van der Waals surface area contributed by atoms with E-state index in [0.717, 1.165) is 32.1 Å². The maximum Gasteiger partial charge on any atom is 0.0619 e. The second kappa shape index (κ2) is 6.43. The van der Waals surface area contributed by atoms with Crippen molar-refractivity contribution < 1.29 is 4.74 Å². The minimum absolute atomic E-state index is 0.514. The van der Waals surface area contributed by atoms with Crippen LogP contribution in [-0.2, 0) is 4.74 Å². The fourth-order valence-corrected chi connectivity index (χ4v) is 2.64. The Kier molecular flexibility index (Phi) is 4.89. The normalized spacial score (nSPS) is 23.5. The molecule has 0 spiro atoms. The van der Waals surface area contributed by atoms with Crippen LogP contribution in [-0.4, -0.2) is 43.0 Å². The average molecular weight is 251 g/mol. The Balaban J connectivity index is 1.99. The average Bonchev–Trinajstić information content (AvgIpc) is 2.39. The van der Waals surface area contributed by atoms with Crippen LogP contribution in [0, 0.1) is 0 Å². The lowest BCUT2D eigenvalue weighted by Gasteiger charge is -2.35. The largest absolute Gasteiger partial charge is 0.379 e. The molecule has 0 amide bonds. The first-order valence-corrected chi connectivity index (χ1v) is 6.92. The number of thiol groups is 1. The van der Waals surface area contributed by atoms with E-state index in [1.165, 1.54) is 5.56 Å². The van der Waals surface area contributed by atoms with Crippen molar-refractivity contribution in [2.24, 2.45) is 0 Å². The second-order valence-corrected chi connectivity index (χ2v) is 5.07. The van der Waals surface area contributed by atoms with Crippen LogP contribution in [0.3, 0.4) is 0 Å². The molecule has 0 N–H and O–H groups in total. The van der Waals surface area contributed by atoms with Gasteiger partial charge >= 0.3 is 0 Å². The van der Waals surface area contributed by atoms with Gasteiger partial charge in [-0.25, -0.2) is 0 Å². The van der Waals surface area contributed by atoms with Crippen molar-refractivity contribution in [1.82, 2.24) is 4.90 Å². The van der Waals surface area contributed by atoms with E-state index >= 15 is 0 Å². The lowest BCUT2D eigenvalue weighted by Crippen LogP contribution is -2.45. The van der Waals surface area contributed by atoms with Gasteiger partial charge in [-0.15, -0.1) is 0 Å². The highest BCUT2D eigenvalue weighted by Gasteiger charge is 2.22. The maximum absolute atomic E-state index is 5.47. The first-order valence-electron chi connectivity index (χ1n) is 6.29. The highest BCUT2D eigenvalue weighted by molar-refractivity contribution is 7.80. The monoisotopic (exact) mass is 251 g/mol. The SMILES string of the molecule is CC1COCCN1CC(CS)c1ccccc1. The third-order valence-corrected chi connectivity index (χ3v) is 3.89. The van der Waals surface area contributed by atoms with Gasteiger partial charge in [-0.2, -0.15) is 12.6 Å². The van der Waals surface area contributed by atoms with Gasteiger partial charge in [0.1, 0.15) is 0 Å². The number of benzene rings is 1. The van der Waals surface area contributed by atoms with Gasteiger partial charge in [-0.3, -0.25) is 4.90 Å². The Morgan fingerprint density at radius 1 is 1.41 bits per heavy atom. The highest BCUT2D eigenvalue weighted by atomic mass is 32.1. The minimum atomic E-state index is 0.514. The summed E-state index contributed by atoms with van der Waals surface area (Å²) < 4.78 is 5.47. The lowest BCUT2D eigenvalue weighted by atomic mass is 9.99. The fourth-order valence-electron chi connectivity index (χ4n) is 2.31. The fraction of sp³-hybridized carbons (Fsp3) is 0.571. The molecule has 0 aliphatic carbocycles. The molecule has 2 rings (SSSR count). The molecule has 1 aliphatic rings. The summed E-state index contributed by atoms with van der Waals surface area (Å²) in [6, 6.07) is 11.2. The van der Waals surface area contributed by atoms with E-state index < -0.39 is 0 Å². The van der Waals surface area contributed by atoms with Crippen molar-refractivity contribution in [1.29, 1.82) is 0 Å². The summed E-state index contributed by atoms with van der Waals surface area (Å²) in [6.07, 6.45) is 0. The smallest absolute Gasteiger partial charge is 0.0619 e. The van der Waals surface area contributed by atoms with Crippen LogP contribution in [0.25, 0.3) is 0 Å². The van der Waals surface area contributed by atoms with Crippen LogP contribution in [0.1, 0.15) is 18.4 Å². The van der Waals surface area contributed by atoms with Gasteiger partial charge in [-0.1, -0.05) is 30.3 Å². The van der Waals surface area contributed by atoms with E-state index in [9.17, 15) is 0 Å². The van der Waals surface area contributed by atoms with E-state index in [-0.39, 0.29) is 0 Å². The molecule has 1 heterocycles. The zero-order chi connectivity index (χ0) is 12.1. The first-order chi connectivity index (χ1) is 8.31. The van der Waals surface area contributed by atoms with Gasteiger partial charge in [0.15, 0.2) is 0 Å². The topological polar surface area (TPSA) is 12.5 Å². The number of nitrogens with zero attached hydrogens (tertiary/aromatic N) is 1. The van der Waals surface area contributed by atoms with Crippen molar-refractivity contribution >= 4 is 12.6 Å². The standard InChI is InChI=1S/C14H21NOS/c1-12-10-16-8-7-15(12)9-14(11-17)13-5-3-2-4-6-13/h2-6,12,14,17H,7-11H2,1H3. The number of hydrogen-bond donors (Lipinski definition) is 1. The molecule has 0 bridgehead atoms. The molecule has 1 saturated heterocycles. The Labute approximate surface area is 109 Å². The summed E-state index contributed by atoms with van der Waals surface area (Å²) in [6.45, 7) is 6.07. The van der Waals surface area contributed by atoms with E-state index in [2.05, 4.69) is 54.8 Å². The molecule has 17 heavy (non-hydrogen) atoms. The molecule has 0 radical (unpaired) electrons. The molecule has 0 saturated carbocycles. The van der Waals surface area contributed by atoms with Crippen LogP contribution in [0.4, 0.5) is 0 Å². The summed E-state index contributed by atoms with van der Waals surface area (Å²) in [7, 11) is 0. The van der Waals surface area contributed by atoms with Crippen molar-refractivity contribution in [2.75, 3.05) is 32.1 Å². The molecule has 3 heteroatoms. The molecular weight excluding hydrogens is 230 g/mol. The summed E-state index contributed by atoms with van der Waals surface area (Å²) in [5.41, 5.74) is 1.39. The highest BCUT2D eigenvalue weighted by Crippen LogP contribution is 2.20. The molecule has 94 valence electrons. The van der Waals surface area contributed by atoms with E-state index in [0.29, 0.717) is 12.0 Å². The van der Waals surface area contributed by atoms with Crippen LogP contribution >= 0.6 is 12.6 Å². The summed E-state index contributed by atoms with van der Waals surface area (Å²) in [5, 5.41) is 0. The van der Waals surface area contributed by atoms with Crippen LogP contribution in [0.15, 0.2) is 30.3 Å². The van der Waals surface area contributed by atoms with Crippen molar-refractivity contribution in [3.8, 4) is 0 Å². The summed E-state index contributed by atoms with van der Waals surface area (Å²) in [4.78, 5) is 2.51. The van der Waals surface area contributed by atoms with E-state index in [1.54, 1.807) is 0 Å². The predicted molar refractivity (Wildman–Crippen MR) is 74.9 cm³/mol. The van der Waals surface area contributed by atoms with Gasteiger partial charge in [0, 0.05) is 25.0 Å². The van der Waals surface area contributed by atoms with E-state index in [4.69, 9.17) is 4.74 Å². The molecule has 0 aromatic heterocycles. The van der Waals surface area contributed by atoms with Gasteiger partial charge in [0.2, 0.25) is 0 Å². The molecule has 1 aromatic rings. The molecule has 1 aliphatic heterocycles. The number of hydrogen-bond acceptors (Lipinski definition) is 3. The van der Waals surface area contributed by atoms with Crippen LogP contribution in [0.2, 0.25) is 0 Å². The van der Waals surface area contributed by atoms with Gasteiger partial charge < -0.3 is 4.74 Å². The zero-order valence-corrected chi connectivity index (χ0v) is 11.3. The lowest BCUT2D eigenvalue weighted by molar-refractivity contribution is -0.00215. The molecule has 2 nitrogen and oxygen atoms in total. The van der Waals surface area contributed by atoms with E-state index in [1.807, 2.05) is 0 Å². The molecule has 1 fully saturated rings. The number of morpholine rings is 1. The predicted octanol–water partition coefficient (Wildman–Crippen LogP) is 2.42. The third-order valence-electron chi connectivity index (χ3n) is 3.45. The first kappa shape index (κ1) is 12.9. The van der Waals surface area contributed by atoms with Gasteiger partial charge in [0.25, 0.3) is 0 Å². The molecule has 2 atom stereocenters. The molecular formula is C14H21NOS. The third kappa shape index (κ3) is 3.47. The Morgan fingerprint density at radius 3 is 2.82 bits per heavy atom. The van der Waals surface area contributed by atoms with Crippen LogP contribution < -0.4 is 0 Å². The van der Waals surface area contributed by atoms with Crippen molar-refractivity contribution in [2.45, 2.75) is 18.9 Å². The zero-order valence-electron chi connectivity index (χ0n) is 10.4. The van der Waals surface area contributed by atoms with Crippen molar-refractivity contribution in [3.05, 3.63) is 35.9 Å². The number of rotatable bonds is 4. The van der Waals surface area contributed by atoms with Gasteiger partial charge in [-0.05, 0) is 18.2 Å². The van der Waals surface area contributed by atoms with Crippen LogP contribution in [0.5, 0.6) is 0 Å². The Morgan fingerprint density at radius 2 is 2.18 bits per heavy atom. The quantitative estimate of drug-likeness (QED) is 0.825. The Hall–Kier alpha value is -0.510. The van der Waals surface area contributed by atoms with Crippen molar-refractivity contribution in [3.63, 3.8) is 0 Å². The summed E-state index contributed by atoms with van der Waals surface area (Å²) >= 11 is 4.50. The molecule has 2 unspecified atom stereocenters. The second-order valence-electron chi connectivity index (χ2n) is 4.71. The Bertz CT molecular complexity index is 330. The summed E-state index contributed by atoms with van der Waals surface area (Å²) in [5.74, 6) is 1.41.